The van der Waals surface area contributed by atoms with Gasteiger partial charge in [0.15, 0.2) is 0 Å². The highest BCUT2D eigenvalue weighted by atomic mass is 19.3. The van der Waals surface area contributed by atoms with Crippen molar-refractivity contribution in [3.05, 3.63) is 35.9 Å². The van der Waals surface area contributed by atoms with E-state index in [2.05, 4.69) is 4.98 Å². The maximum absolute atomic E-state index is 12.5. The first kappa shape index (κ1) is 8.87. The zero-order chi connectivity index (χ0) is 10.1. The third-order valence-electron chi connectivity index (χ3n) is 2.01. The van der Waals surface area contributed by atoms with Gasteiger partial charge in [0.05, 0.1) is 5.52 Å². The highest BCUT2D eigenvalue weighted by Crippen LogP contribution is 2.26. The molecule has 0 aliphatic rings. The number of hydrogen-bond acceptors (Lipinski definition) is 2. The molecule has 0 saturated carbocycles. The summed E-state index contributed by atoms with van der Waals surface area (Å²) in [7, 11) is 0. The second kappa shape index (κ2) is 3.21. The Morgan fingerprint density at radius 1 is 1.14 bits per heavy atom. The van der Waals surface area contributed by atoms with Crippen molar-refractivity contribution in [2.75, 3.05) is 5.73 Å². The van der Waals surface area contributed by atoms with Crippen LogP contribution < -0.4 is 5.73 Å². The zero-order valence-corrected chi connectivity index (χ0v) is 7.24. The number of aromatic nitrogens is 1. The third kappa shape index (κ3) is 1.39. The molecule has 0 radical (unpaired) electrons. The minimum absolute atomic E-state index is 0.0743. The quantitative estimate of drug-likeness (QED) is 0.758. The molecular formula is C10H8F2N2. The molecule has 2 rings (SSSR count). The van der Waals surface area contributed by atoms with E-state index in [0.29, 0.717) is 5.39 Å². The summed E-state index contributed by atoms with van der Waals surface area (Å²) in [5, 5.41) is 0.678. The molecular weight excluding hydrogens is 186 g/mol. The zero-order valence-electron chi connectivity index (χ0n) is 7.24. The van der Waals surface area contributed by atoms with Crippen molar-refractivity contribution in [2.45, 2.75) is 6.43 Å². The summed E-state index contributed by atoms with van der Waals surface area (Å²) >= 11 is 0. The molecule has 4 heteroatoms. The topological polar surface area (TPSA) is 38.9 Å². The van der Waals surface area contributed by atoms with Crippen molar-refractivity contribution in [1.29, 1.82) is 0 Å². The number of benzene rings is 1. The molecule has 0 aliphatic heterocycles. The summed E-state index contributed by atoms with van der Waals surface area (Å²) in [6.07, 6.45) is -2.52. The molecule has 0 fully saturated rings. The molecule has 1 heterocycles. The lowest BCUT2D eigenvalue weighted by Crippen LogP contribution is -1.94. The summed E-state index contributed by atoms with van der Waals surface area (Å²) in [5.41, 5.74) is 5.64. The fourth-order valence-corrected chi connectivity index (χ4v) is 1.36. The first-order chi connectivity index (χ1) is 6.68. The predicted molar refractivity (Wildman–Crippen MR) is 51.1 cm³/mol. The monoisotopic (exact) mass is 194 g/mol. The first-order valence-electron chi connectivity index (χ1n) is 4.12. The van der Waals surface area contributed by atoms with Crippen LogP contribution in [0.3, 0.4) is 0 Å². The molecule has 0 saturated heterocycles. The van der Waals surface area contributed by atoms with Gasteiger partial charge in [-0.25, -0.2) is 13.8 Å². The number of hydrogen-bond donors (Lipinski definition) is 1. The number of pyridine rings is 1. The Kier molecular flexibility index (Phi) is 2.04. The Labute approximate surface area is 79.4 Å². The molecule has 0 spiro atoms. The minimum atomic E-state index is -2.52. The van der Waals surface area contributed by atoms with Gasteiger partial charge in [-0.2, -0.15) is 0 Å². The van der Waals surface area contributed by atoms with Gasteiger partial charge in [0.2, 0.25) is 0 Å². The lowest BCUT2D eigenvalue weighted by Gasteiger charge is -2.04. The van der Waals surface area contributed by atoms with Crippen LogP contribution in [0.5, 0.6) is 0 Å². The van der Waals surface area contributed by atoms with Crippen molar-refractivity contribution in [3.63, 3.8) is 0 Å². The number of alkyl halides is 2. The Hall–Kier alpha value is -1.71. The van der Waals surface area contributed by atoms with E-state index in [4.69, 9.17) is 5.73 Å². The number of fused-ring (bicyclic) bond motifs is 1. The highest BCUT2D eigenvalue weighted by molar-refractivity contribution is 5.83. The minimum Gasteiger partial charge on any atom is -0.384 e. The summed E-state index contributed by atoms with van der Waals surface area (Å²) in [4.78, 5) is 3.89. The average molecular weight is 194 g/mol. The van der Waals surface area contributed by atoms with E-state index in [-0.39, 0.29) is 16.9 Å². The first-order valence-corrected chi connectivity index (χ1v) is 4.12. The Balaban J connectivity index is 2.77. The largest absolute Gasteiger partial charge is 0.384 e. The predicted octanol–water partition coefficient (Wildman–Crippen LogP) is 2.75. The summed E-state index contributed by atoms with van der Waals surface area (Å²) in [5.74, 6) is 0.255. The highest BCUT2D eigenvalue weighted by Gasteiger charge is 2.11. The molecule has 0 aliphatic carbocycles. The lowest BCUT2D eigenvalue weighted by atomic mass is 10.1. The molecule has 1 aromatic heterocycles. The number of nitrogens with two attached hydrogens (primary N) is 1. The van der Waals surface area contributed by atoms with Crippen LogP contribution in [0, 0.1) is 0 Å². The van der Waals surface area contributed by atoms with Gasteiger partial charge in [0.1, 0.15) is 5.82 Å². The van der Waals surface area contributed by atoms with Gasteiger partial charge in [0.25, 0.3) is 6.43 Å². The molecule has 2 nitrogen and oxygen atoms in total. The fraction of sp³-hybridized carbons (Fsp3) is 0.100. The van der Waals surface area contributed by atoms with Gasteiger partial charge in [-0.05, 0) is 12.1 Å². The molecule has 0 bridgehead atoms. The molecule has 0 amide bonds. The van der Waals surface area contributed by atoms with Crippen LogP contribution in [0.15, 0.2) is 30.3 Å². The van der Waals surface area contributed by atoms with Crippen LogP contribution in [0.25, 0.3) is 10.9 Å². The second-order valence-corrected chi connectivity index (χ2v) is 2.96. The normalized spacial score (nSPS) is 11.1. The van der Waals surface area contributed by atoms with Crippen LogP contribution in [0.4, 0.5) is 14.6 Å². The van der Waals surface area contributed by atoms with Gasteiger partial charge in [-0.1, -0.05) is 18.2 Å². The van der Waals surface area contributed by atoms with Gasteiger partial charge >= 0.3 is 0 Å². The van der Waals surface area contributed by atoms with E-state index >= 15 is 0 Å². The summed E-state index contributed by atoms with van der Waals surface area (Å²) in [6, 6.07) is 7.95. The van der Waals surface area contributed by atoms with Gasteiger partial charge in [-0.3, -0.25) is 0 Å². The van der Waals surface area contributed by atoms with Gasteiger partial charge in [-0.15, -0.1) is 0 Å². The molecule has 14 heavy (non-hydrogen) atoms. The van der Waals surface area contributed by atoms with E-state index in [0.717, 1.165) is 0 Å². The van der Waals surface area contributed by atoms with Crippen molar-refractivity contribution >= 4 is 16.7 Å². The van der Waals surface area contributed by atoms with Crippen LogP contribution >= 0.6 is 0 Å². The standard InChI is InChI=1S/C10H8F2N2/c11-10(12)7-3-1-2-6-4-5-8(13)14-9(6)7/h1-5,10H,(H2,13,14). The van der Waals surface area contributed by atoms with Crippen molar-refractivity contribution in [3.8, 4) is 0 Å². The summed E-state index contributed by atoms with van der Waals surface area (Å²) < 4.78 is 25.1. The number of anilines is 1. The summed E-state index contributed by atoms with van der Waals surface area (Å²) in [6.45, 7) is 0. The van der Waals surface area contributed by atoms with Gasteiger partial charge in [0, 0.05) is 10.9 Å². The van der Waals surface area contributed by atoms with E-state index in [1.165, 1.54) is 6.07 Å². The van der Waals surface area contributed by atoms with Crippen LogP contribution in [0.2, 0.25) is 0 Å². The van der Waals surface area contributed by atoms with E-state index in [9.17, 15) is 8.78 Å². The molecule has 0 atom stereocenters. The Bertz CT molecular complexity index is 469. The van der Waals surface area contributed by atoms with Crippen LogP contribution in [-0.4, -0.2) is 4.98 Å². The number of rotatable bonds is 1. The number of para-hydroxylation sites is 1. The number of nitrogen functional groups attached to an aromatic ring is 1. The lowest BCUT2D eigenvalue weighted by molar-refractivity contribution is 0.153. The molecule has 0 unspecified atom stereocenters. The third-order valence-corrected chi connectivity index (χ3v) is 2.01. The maximum Gasteiger partial charge on any atom is 0.265 e. The van der Waals surface area contributed by atoms with E-state index < -0.39 is 6.43 Å². The van der Waals surface area contributed by atoms with Crippen LogP contribution in [0.1, 0.15) is 12.0 Å². The fourth-order valence-electron chi connectivity index (χ4n) is 1.36. The number of halogens is 2. The maximum atomic E-state index is 12.5. The SMILES string of the molecule is Nc1ccc2cccc(C(F)F)c2n1. The van der Waals surface area contributed by atoms with Crippen molar-refractivity contribution in [1.82, 2.24) is 4.98 Å². The van der Waals surface area contributed by atoms with E-state index in [1.807, 2.05) is 0 Å². The van der Waals surface area contributed by atoms with Crippen LogP contribution in [-0.2, 0) is 0 Å². The van der Waals surface area contributed by atoms with Gasteiger partial charge < -0.3 is 5.73 Å². The smallest absolute Gasteiger partial charge is 0.265 e. The molecule has 2 N–H and O–H groups in total. The average Bonchev–Trinajstić information content (AvgIpc) is 2.16. The molecule has 72 valence electrons. The van der Waals surface area contributed by atoms with Crippen molar-refractivity contribution < 1.29 is 8.78 Å². The molecule has 2 aromatic rings. The van der Waals surface area contributed by atoms with E-state index in [1.54, 1.807) is 24.3 Å². The Morgan fingerprint density at radius 2 is 1.93 bits per heavy atom. The molecule has 1 aromatic carbocycles. The van der Waals surface area contributed by atoms with Crippen molar-refractivity contribution in [2.24, 2.45) is 0 Å². The second-order valence-electron chi connectivity index (χ2n) is 2.96. The Morgan fingerprint density at radius 3 is 2.64 bits per heavy atom. The number of nitrogens with zero attached hydrogens (tertiary/aromatic N) is 1.